The van der Waals surface area contributed by atoms with Crippen LogP contribution in [-0.4, -0.2) is 21.0 Å². The number of nitrogens with one attached hydrogen (secondary N) is 1. The minimum Gasteiger partial charge on any atom is -0.308 e. The monoisotopic (exact) mass is 356 g/mol. The molecule has 0 aliphatic carbocycles. The summed E-state index contributed by atoms with van der Waals surface area (Å²) in [6.07, 6.45) is 0. The van der Waals surface area contributed by atoms with Gasteiger partial charge in [-0.05, 0) is 18.6 Å². The molecule has 2 aromatic carbocycles. The quantitative estimate of drug-likeness (QED) is 0.900. The van der Waals surface area contributed by atoms with Gasteiger partial charge < -0.3 is 5.32 Å². The Morgan fingerprint density at radius 3 is 2.42 bits per heavy atom. The topological polar surface area (TPSA) is 49.4 Å². The van der Waals surface area contributed by atoms with Gasteiger partial charge in [-0.2, -0.15) is 0 Å². The first-order valence-corrected chi connectivity index (χ1v) is 8.73. The Bertz CT molecular complexity index is 864. The lowest BCUT2D eigenvalue weighted by Gasteiger charge is -2.26. The van der Waals surface area contributed by atoms with Crippen molar-refractivity contribution < 1.29 is 21.6 Å². The minimum absolute atomic E-state index is 0.00436. The first kappa shape index (κ1) is 16.8. The average molecular weight is 356 g/mol. The third-order valence-electron chi connectivity index (χ3n) is 3.85. The Morgan fingerprint density at radius 1 is 1.12 bits per heavy atom. The van der Waals surface area contributed by atoms with Crippen molar-refractivity contribution in [3.8, 4) is 0 Å². The number of fused-ring (bicyclic) bond motifs is 1. The fourth-order valence-electron chi connectivity index (χ4n) is 2.71. The maximum atomic E-state index is 14.0. The number of nitrogens with zero attached hydrogens (tertiary/aromatic N) is 1. The van der Waals surface area contributed by atoms with Crippen molar-refractivity contribution in [3.63, 3.8) is 0 Å². The van der Waals surface area contributed by atoms with E-state index in [1.807, 2.05) is 0 Å². The number of anilines is 1. The van der Waals surface area contributed by atoms with Crippen LogP contribution in [0, 0.1) is 17.5 Å². The second kappa shape index (κ2) is 6.10. The minimum atomic E-state index is -4.53. The summed E-state index contributed by atoms with van der Waals surface area (Å²) in [6, 6.07) is 7.20. The second-order valence-electron chi connectivity index (χ2n) is 5.65. The van der Waals surface area contributed by atoms with Crippen molar-refractivity contribution in [3.05, 3.63) is 59.4 Å². The summed E-state index contributed by atoms with van der Waals surface area (Å²) in [5, 5.41) is 3.14. The Hall–Kier alpha value is -2.06. The molecule has 0 spiro atoms. The lowest BCUT2D eigenvalue weighted by molar-refractivity contribution is 0.494. The number of para-hydroxylation sites is 1. The van der Waals surface area contributed by atoms with Gasteiger partial charge in [0.1, 0.15) is 17.5 Å². The molecule has 1 aliphatic heterocycles. The highest BCUT2D eigenvalue weighted by Crippen LogP contribution is 2.31. The molecule has 0 fully saturated rings. The molecule has 1 aliphatic rings. The molecular formula is C16H15F3N2O2S. The van der Waals surface area contributed by atoms with E-state index < -0.39 is 32.4 Å². The van der Waals surface area contributed by atoms with Gasteiger partial charge in [-0.25, -0.2) is 21.6 Å². The molecule has 0 aromatic heterocycles. The predicted octanol–water partition coefficient (Wildman–Crippen LogP) is 2.79. The first-order chi connectivity index (χ1) is 11.3. The van der Waals surface area contributed by atoms with Gasteiger partial charge in [0.15, 0.2) is 4.90 Å². The molecule has 2 aromatic rings. The van der Waals surface area contributed by atoms with E-state index in [1.165, 1.54) is 0 Å². The molecule has 0 saturated heterocycles. The molecule has 0 saturated carbocycles. The summed E-state index contributed by atoms with van der Waals surface area (Å²) < 4.78 is 67.9. The average Bonchev–Trinajstić information content (AvgIpc) is 2.66. The zero-order chi connectivity index (χ0) is 17.5. The second-order valence-corrected chi connectivity index (χ2v) is 7.44. The molecule has 1 heterocycles. The zero-order valence-corrected chi connectivity index (χ0v) is 13.6. The van der Waals surface area contributed by atoms with E-state index in [1.54, 1.807) is 31.2 Å². The van der Waals surface area contributed by atoms with Gasteiger partial charge in [0.05, 0.1) is 5.69 Å². The molecule has 4 nitrogen and oxygen atoms in total. The lowest BCUT2D eigenvalue weighted by Crippen LogP contribution is -2.40. The van der Waals surface area contributed by atoms with Gasteiger partial charge in [-0.15, -0.1) is 0 Å². The van der Waals surface area contributed by atoms with Crippen molar-refractivity contribution in [1.82, 2.24) is 5.32 Å². The Kier molecular flexibility index (Phi) is 4.27. The maximum Gasteiger partial charge on any atom is 0.270 e. The van der Waals surface area contributed by atoms with Gasteiger partial charge in [0.25, 0.3) is 10.0 Å². The van der Waals surface area contributed by atoms with Crippen molar-refractivity contribution in [1.29, 1.82) is 0 Å². The number of hydrogen-bond donors (Lipinski definition) is 1. The summed E-state index contributed by atoms with van der Waals surface area (Å²) in [5.74, 6) is -4.07. The van der Waals surface area contributed by atoms with Crippen molar-refractivity contribution in [2.24, 2.45) is 0 Å². The SMILES string of the molecule is CC1CN(S(=O)(=O)c2c(F)cc(F)cc2F)c2ccccc2CN1. The lowest BCUT2D eigenvalue weighted by atomic mass is 10.2. The van der Waals surface area contributed by atoms with Crippen LogP contribution in [0.4, 0.5) is 18.9 Å². The van der Waals surface area contributed by atoms with E-state index in [2.05, 4.69) is 5.32 Å². The Labute approximate surface area is 138 Å². The van der Waals surface area contributed by atoms with Crippen LogP contribution in [0.3, 0.4) is 0 Å². The highest BCUT2D eigenvalue weighted by atomic mass is 32.2. The van der Waals surface area contributed by atoms with Gasteiger partial charge in [0.2, 0.25) is 0 Å². The number of benzene rings is 2. The summed E-state index contributed by atoms with van der Waals surface area (Å²) in [4.78, 5) is -1.15. The fourth-order valence-corrected chi connectivity index (χ4v) is 4.40. The van der Waals surface area contributed by atoms with Crippen LogP contribution in [0.25, 0.3) is 0 Å². The number of halogens is 3. The van der Waals surface area contributed by atoms with E-state index >= 15 is 0 Å². The molecule has 3 rings (SSSR count). The van der Waals surface area contributed by atoms with E-state index in [4.69, 9.17) is 0 Å². The zero-order valence-electron chi connectivity index (χ0n) is 12.8. The smallest absolute Gasteiger partial charge is 0.270 e. The van der Waals surface area contributed by atoms with Crippen LogP contribution in [0.2, 0.25) is 0 Å². The third kappa shape index (κ3) is 2.87. The normalized spacial score (nSPS) is 18.2. The summed E-state index contributed by atoms with van der Waals surface area (Å²) >= 11 is 0. The largest absolute Gasteiger partial charge is 0.308 e. The number of hydrogen-bond acceptors (Lipinski definition) is 3. The molecule has 24 heavy (non-hydrogen) atoms. The summed E-state index contributed by atoms with van der Waals surface area (Å²) in [7, 11) is -4.53. The Balaban J connectivity index is 2.19. The summed E-state index contributed by atoms with van der Waals surface area (Å²) in [5.41, 5.74) is 1.03. The number of rotatable bonds is 2. The van der Waals surface area contributed by atoms with Crippen molar-refractivity contribution in [2.45, 2.75) is 24.4 Å². The maximum absolute atomic E-state index is 14.0. The molecular weight excluding hydrogens is 341 g/mol. The highest BCUT2D eigenvalue weighted by Gasteiger charge is 2.34. The molecule has 1 N–H and O–H groups in total. The van der Waals surface area contributed by atoms with Crippen molar-refractivity contribution in [2.75, 3.05) is 10.8 Å². The molecule has 0 bridgehead atoms. The van der Waals surface area contributed by atoms with Gasteiger partial charge in [0, 0.05) is 31.3 Å². The van der Waals surface area contributed by atoms with Crippen LogP contribution in [-0.2, 0) is 16.6 Å². The van der Waals surface area contributed by atoms with Crippen LogP contribution in [0.15, 0.2) is 41.3 Å². The standard InChI is InChI=1S/C16H15F3N2O2S/c1-10-9-21(15-5-3-2-4-11(15)8-20-10)24(22,23)16-13(18)6-12(17)7-14(16)19/h2-7,10,20H,8-9H2,1H3. The molecule has 1 unspecified atom stereocenters. The predicted molar refractivity (Wildman–Crippen MR) is 83.6 cm³/mol. The van der Waals surface area contributed by atoms with Gasteiger partial charge in [-0.1, -0.05) is 18.2 Å². The van der Waals surface area contributed by atoms with E-state index in [-0.39, 0.29) is 12.6 Å². The third-order valence-corrected chi connectivity index (χ3v) is 5.68. The van der Waals surface area contributed by atoms with Crippen LogP contribution in [0.5, 0.6) is 0 Å². The molecule has 1 atom stereocenters. The highest BCUT2D eigenvalue weighted by molar-refractivity contribution is 7.92. The van der Waals surface area contributed by atoms with Crippen LogP contribution < -0.4 is 9.62 Å². The fraction of sp³-hybridized carbons (Fsp3) is 0.250. The molecule has 8 heteroatoms. The molecule has 0 amide bonds. The van der Waals surface area contributed by atoms with Gasteiger partial charge >= 0.3 is 0 Å². The van der Waals surface area contributed by atoms with E-state index in [9.17, 15) is 21.6 Å². The van der Waals surface area contributed by atoms with E-state index in [0.29, 0.717) is 29.9 Å². The first-order valence-electron chi connectivity index (χ1n) is 7.29. The Morgan fingerprint density at radius 2 is 1.75 bits per heavy atom. The van der Waals surface area contributed by atoms with Crippen LogP contribution in [0.1, 0.15) is 12.5 Å². The molecule has 128 valence electrons. The van der Waals surface area contributed by atoms with E-state index in [0.717, 1.165) is 4.31 Å². The number of sulfonamides is 1. The van der Waals surface area contributed by atoms with Crippen molar-refractivity contribution >= 4 is 15.7 Å². The van der Waals surface area contributed by atoms with Gasteiger partial charge in [-0.3, -0.25) is 4.31 Å². The van der Waals surface area contributed by atoms with Crippen LogP contribution >= 0.6 is 0 Å². The molecule has 0 radical (unpaired) electrons. The summed E-state index contributed by atoms with van der Waals surface area (Å²) in [6.45, 7) is 2.19.